The van der Waals surface area contributed by atoms with E-state index in [4.69, 9.17) is 5.73 Å². The number of nitrogens with zero attached hydrogens (tertiary/aromatic N) is 4. The molecule has 2 unspecified atom stereocenters. The quantitative estimate of drug-likeness (QED) is 0.619. The summed E-state index contributed by atoms with van der Waals surface area (Å²) in [4.78, 5) is 34.4. The number of carbonyl (C=O) groups excluding carboxylic acids is 2. The van der Waals surface area contributed by atoms with E-state index in [1.165, 1.54) is 12.4 Å². The van der Waals surface area contributed by atoms with Gasteiger partial charge in [0.15, 0.2) is 0 Å². The average molecular weight is 431 g/mol. The number of hydrogen-bond donors (Lipinski definition) is 2. The van der Waals surface area contributed by atoms with Crippen molar-refractivity contribution in [2.45, 2.75) is 31.2 Å². The standard InChI is InChI=1S/C24H26N6O2/c1-3-19(32)30-11-10-16(12-30)22-20(21-23(25)26-13-27-24(21)29(22)2)15-6-4-14(5-7-15)17-8-9-18(31)28-17/h3-7,13,16-17H,1,8-12H2,2H3,(H,28,31)(H2,25,26,27). The number of hydrogen-bond acceptors (Lipinski definition) is 5. The zero-order chi connectivity index (χ0) is 22.4. The molecule has 0 radical (unpaired) electrons. The van der Waals surface area contributed by atoms with Crippen LogP contribution in [0.2, 0.25) is 0 Å². The Balaban J connectivity index is 1.60. The van der Waals surface area contributed by atoms with Gasteiger partial charge in [0.1, 0.15) is 17.8 Å². The fraction of sp³-hybridized carbons (Fsp3) is 0.333. The van der Waals surface area contributed by atoms with Crippen molar-refractivity contribution in [1.82, 2.24) is 24.8 Å². The number of carbonyl (C=O) groups is 2. The average Bonchev–Trinajstić information content (AvgIpc) is 3.52. The molecule has 0 aliphatic carbocycles. The predicted octanol–water partition coefficient (Wildman–Crippen LogP) is 2.67. The molecule has 3 aromatic rings. The molecule has 8 heteroatoms. The monoisotopic (exact) mass is 430 g/mol. The minimum Gasteiger partial charge on any atom is -0.383 e. The molecule has 5 rings (SSSR count). The van der Waals surface area contributed by atoms with Gasteiger partial charge < -0.3 is 20.5 Å². The Kier molecular flexibility index (Phi) is 4.92. The number of nitrogens with one attached hydrogen (secondary N) is 1. The SMILES string of the molecule is C=CC(=O)N1CCC(c2c(-c3ccc(C4CCC(=O)N4)cc3)c3c(N)ncnc3n2C)C1. The molecule has 8 nitrogen and oxygen atoms in total. The van der Waals surface area contributed by atoms with E-state index < -0.39 is 0 Å². The van der Waals surface area contributed by atoms with Crippen LogP contribution in [0.15, 0.2) is 43.2 Å². The van der Waals surface area contributed by atoms with Crippen molar-refractivity contribution in [2.75, 3.05) is 18.8 Å². The number of nitrogen functional groups attached to an aromatic ring is 1. The molecule has 0 bridgehead atoms. The van der Waals surface area contributed by atoms with Gasteiger partial charge in [0.05, 0.1) is 11.4 Å². The summed E-state index contributed by atoms with van der Waals surface area (Å²) in [5, 5.41) is 3.85. The van der Waals surface area contributed by atoms with Crippen molar-refractivity contribution in [3.63, 3.8) is 0 Å². The van der Waals surface area contributed by atoms with Crippen LogP contribution in [0.5, 0.6) is 0 Å². The zero-order valence-corrected chi connectivity index (χ0v) is 18.0. The first-order chi connectivity index (χ1) is 15.5. The van der Waals surface area contributed by atoms with Crippen LogP contribution in [0.4, 0.5) is 5.82 Å². The molecule has 2 amide bonds. The Labute approximate surface area is 186 Å². The summed E-state index contributed by atoms with van der Waals surface area (Å²) in [5.41, 5.74) is 11.3. The summed E-state index contributed by atoms with van der Waals surface area (Å²) in [6, 6.07) is 8.34. The molecule has 3 N–H and O–H groups in total. The highest BCUT2D eigenvalue weighted by Gasteiger charge is 2.32. The molecule has 2 aromatic heterocycles. The normalized spacial score (nSPS) is 20.7. The maximum Gasteiger partial charge on any atom is 0.245 e. The summed E-state index contributed by atoms with van der Waals surface area (Å²) >= 11 is 0. The second-order valence-corrected chi connectivity index (χ2v) is 8.53. The van der Waals surface area contributed by atoms with E-state index in [0.29, 0.717) is 25.3 Å². The van der Waals surface area contributed by atoms with E-state index >= 15 is 0 Å². The topological polar surface area (TPSA) is 106 Å². The highest BCUT2D eigenvalue weighted by Crippen LogP contribution is 2.42. The Bertz CT molecular complexity index is 1230. The van der Waals surface area contributed by atoms with E-state index in [-0.39, 0.29) is 23.8 Å². The molecule has 2 atom stereocenters. The van der Waals surface area contributed by atoms with Gasteiger partial charge in [0.25, 0.3) is 0 Å². The van der Waals surface area contributed by atoms with Crippen molar-refractivity contribution in [3.8, 4) is 11.1 Å². The van der Waals surface area contributed by atoms with Gasteiger partial charge in [-0.15, -0.1) is 0 Å². The molecule has 2 aliphatic rings. The molecule has 2 saturated heterocycles. The molecule has 32 heavy (non-hydrogen) atoms. The number of aryl methyl sites for hydroxylation is 1. The van der Waals surface area contributed by atoms with Crippen molar-refractivity contribution in [1.29, 1.82) is 0 Å². The molecule has 0 spiro atoms. The Morgan fingerprint density at radius 3 is 2.72 bits per heavy atom. The third kappa shape index (κ3) is 3.23. The van der Waals surface area contributed by atoms with Crippen LogP contribution in [-0.2, 0) is 16.6 Å². The summed E-state index contributed by atoms with van der Waals surface area (Å²) < 4.78 is 2.08. The number of amides is 2. The van der Waals surface area contributed by atoms with Gasteiger partial charge >= 0.3 is 0 Å². The van der Waals surface area contributed by atoms with Gasteiger partial charge in [-0.1, -0.05) is 30.8 Å². The first-order valence-corrected chi connectivity index (χ1v) is 10.9. The Morgan fingerprint density at radius 2 is 2.03 bits per heavy atom. The van der Waals surface area contributed by atoms with E-state index in [2.05, 4.69) is 50.7 Å². The lowest BCUT2D eigenvalue weighted by molar-refractivity contribution is -0.125. The lowest BCUT2D eigenvalue weighted by Gasteiger charge is -2.17. The minimum atomic E-state index is -0.0462. The molecule has 0 saturated carbocycles. The second kappa shape index (κ2) is 7.78. The van der Waals surface area contributed by atoms with Crippen LogP contribution in [0.1, 0.15) is 42.5 Å². The number of likely N-dealkylation sites (tertiary alicyclic amines) is 1. The van der Waals surface area contributed by atoms with Crippen molar-refractivity contribution >= 4 is 28.7 Å². The minimum absolute atomic E-state index is 0.0462. The van der Waals surface area contributed by atoms with E-state index in [9.17, 15) is 9.59 Å². The summed E-state index contributed by atoms with van der Waals surface area (Å²) in [7, 11) is 1.99. The van der Waals surface area contributed by atoms with Gasteiger partial charge in [-0.3, -0.25) is 9.59 Å². The maximum absolute atomic E-state index is 12.2. The van der Waals surface area contributed by atoms with Gasteiger partial charge in [-0.05, 0) is 30.0 Å². The van der Waals surface area contributed by atoms with Crippen LogP contribution >= 0.6 is 0 Å². The van der Waals surface area contributed by atoms with Crippen LogP contribution in [0, 0.1) is 0 Å². The van der Waals surface area contributed by atoms with Gasteiger partial charge in [-0.2, -0.15) is 0 Å². The summed E-state index contributed by atoms with van der Waals surface area (Å²) in [6.07, 6.45) is 5.09. The van der Waals surface area contributed by atoms with Crippen molar-refractivity contribution in [3.05, 3.63) is 54.5 Å². The van der Waals surface area contributed by atoms with Crippen molar-refractivity contribution < 1.29 is 9.59 Å². The van der Waals surface area contributed by atoms with Crippen LogP contribution in [0.3, 0.4) is 0 Å². The largest absolute Gasteiger partial charge is 0.383 e. The molecular weight excluding hydrogens is 404 g/mol. The number of fused-ring (bicyclic) bond motifs is 1. The molecule has 2 fully saturated rings. The third-order valence-electron chi connectivity index (χ3n) is 6.70. The number of benzene rings is 1. The second-order valence-electron chi connectivity index (χ2n) is 8.53. The number of anilines is 1. The maximum atomic E-state index is 12.2. The molecular formula is C24H26N6O2. The lowest BCUT2D eigenvalue weighted by atomic mass is 9.93. The first kappa shape index (κ1) is 20.2. The van der Waals surface area contributed by atoms with Gasteiger partial charge in [0.2, 0.25) is 11.8 Å². The third-order valence-corrected chi connectivity index (χ3v) is 6.70. The first-order valence-electron chi connectivity index (χ1n) is 10.9. The van der Waals surface area contributed by atoms with Gasteiger partial charge in [0, 0.05) is 43.7 Å². The van der Waals surface area contributed by atoms with Crippen LogP contribution in [-0.4, -0.2) is 44.3 Å². The highest BCUT2D eigenvalue weighted by atomic mass is 16.2. The number of nitrogens with two attached hydrogens (primary N) is 1. The molecule has 2 aliphatic heterocycles. The summed E-state index contributed by atoms with van der Waals surface area (Å²) in [6.45, 7) is 4.94. The Morgan fingerprint density at radius 1 is 1.25 bits per heavy atom. The summed E-state index contributed by atoms with van der Waals surface area (Å²) in [5.74, 6) is 0.646. The van der Waals surface area contributed by atoms with Gasteiger partial charge in [-0.25, -0.2) is 9.97 Å². The molecule has 4 heterocycles. The lowest BCUT2D eigenvalue weighted by Crippen LogP contribution is -2.26. The van der Waals surface area contributed by atoms with E-state index in [1.54, 1.807) is 0 Å². The molecule has 1 aromatic carbocycles. The van der Waals surface area contributed by atoms with E-state index in [0.717, 1.165) is 46.3 Å². The van der Waals surface area contributed by atoms with Crippen LogP contribution < -0.4 is 11.1 Å². The van der Waals surface area contributed by atoms with E-state index in [1.807, 2.05) is 11.9 Å². The number of aromatic nitrogens is 3. The van der Waals surface area contributed by atoms with Crippen molar-refractivity contribution in [2.24, 2.45) is 7.05 Å². The smallest absolute Gasteiger partial charge is 0.245 e. The highest BCUT2D eigenvalue weighted by molar-refractivity contribution is 6.02. The number of rotatable bonds is 4. The fourth-order valence-electron chi connectivity index (χ4n) is 5.12. The zero-order valence-electron chi connectivity index (χ0n) is 18.0. The van der Waals surface area contributed by atoms with Crippen LogP contribution in [0.25, 0.3) is 22.2 Å². The molecule has 164 valence electrons. The fourth-order valence-corrected chi connectivity index (χ4v) is 5.12. The Hall–Kier alpha value is -3.68. The predicted molar refractivity (Wildman–Crippen MR) is 123 cm³/mol.